The fourth-order valence-electron chi connectivity index (χ4n) is 7.36. The summed E-state index contributed by atoms with van der Waals surface area (Å²) in [6.07, 6.45) is 6.33. The van der Waals surface area contributed by atoms with Crippen molar-refractivity contribution in [3.63, 3.8) is 0 Å². The van der Waals surface area contributed by atoms with Crippen molar-refractivity contribution in [1.82, 2.24) is 0 Å². The minimum atomic E-state index is 0.844. The van der Waals surface area contributed by atoms with Crippen LogP contribution in [0, 0.1) is 46.3 Å². The maximum Gasteiger partial charge on any atom is -0.0222 e. The lowest BCUT2D eigenvalue weighted by molar-refractivity contribution is -0.447. The summed E-state index contributed by atoms with van der Waals surface area (Å²) in [5, 5.41) is 0. The molecule has 0 aromatic rings. The molecule has 0 N–H and O–H groups in total. The molecule has 0 aliphatic heterocycles. The molecule has 0 radical (unpaired) electrons. The highest BCUT2D eigenvalue weighted by Crippen LogP contribution is 2.92. The summed E-state index contributed by atoms with van der Waals surface area (Å²) in [6.45, 7) is 5.26. The second-order valence-electron chi connectivity index (χ2n) is 7.45. The highest BCUT2D eigenvalue weighted by Gasteiger charge is 2.87. The van der Waals surface area contributed by atoms with Crippen LogP contribution >= 0.6 is 0 Å². The van der Waals surface area contributed by atoms with Crippen molar-refractivity contribution < 1.29 is 0 Å². The van der Waals surface area contributed by atoms with E-state index in [0.29, 0.717) is 0 Å². The molecule has 5 aliphatic carbocycles. The molecule has 5 aliphatic rings. The quantitative estimate of drug-likeness (QED) is 0.512. The molecule has 0 saturated heterocycles. The van der Waals surface area contributed by atoms with Gasteiger partial charge in [-0.3, -0.25) is 0 Å². The van der Waals surface area contributed by atoms with Crippen molar-refractivity contribution in [2.45, 2.75) is 39.5 Å². The van der Waals surface area contributed by atoms with Crippen molar-refractivity contribution in [2.24, 2.45) is 46.3 Å². The first kappa shape index (κ1) is 7.30. The Morgan fingerprint density at radius 2 is 1.79 bits per heavy atom. The summed E-state index contributed by atoms with van der Waals surface area (Å²) in [5.74, 6) is 7.20. The first-order valence-corrected chi connectivity index (χ1v) is 6.69. The Hall–Kier alpha value is 0. The molecule has 0 aromatic carbocycles. The lowest BCUT2D eigenvalue weighted by Gasteiger charge is -2.92. The molecule has 0 heteroatoms. The van der Waals surface area contributed by atoms with Gasteiger partial charge < -0.3 is 0 Å². The number of fused-ring (bicyclic) bond motifs is 10. The molecule has 0 aromatic heterocycles. The SMILES string of the molecule is CC12CCC1C1(C)C3C4CCC4C3C21. The zero-order valence-corrected chi connectivity index (χ0v) is 9.29. The second-order valence-corrected chi connectivity index (χ2v) is 7.45. The summed E-state index contributed by atoms with van der Waals surface area (Å²) in [6, 6.07) is 0. The van der Waals surface area contributed by atoms with E-state index in [0.717, 1.165) is 16.7 Å². The average molecular weight is 188 g/mol. The number of hydrogen-bond donors (Lipinski definition) is 0. The molecule has 0 bridgehead atoms. The minimum Gasteiger partial charge on any atom is -0.0591 e. The largest absolute Gasteiger partial charge is 0.0591 e. The van der Waals surface area contributed by atoms with Gasteiger partial charge in [-0.25, -0.2) is 0 Å². The van der Waals surface area contributed by atoms with Gasteiger partial charge in [-0.2, -0.15) is 0 Å². The van der Waals surface area contributed by atoms with Gasteiger partial charge in [0, 0.05) is 0 Å². The maximum atomic E-state index is 2.65. The molecule has 8 unspecified atom stereocenters. The van der Waals surface area contributed by atoms with E-state index in [9.17, 15) is 0 Å². The van der Waals surface area contributed by atoms with Gasteiger partial charge in [0.05, 0.1) is 0 Å². The molecular formula is C14H20. The fourth-order valence-corrected chi connectivity index (χ4v) is 7.36. The van der Waals surface area contributed by atoms with Gasteiger partial charge in [0.2, 0.25) is 0 Å². The lowest BCUT2D eigenvalue weighted by Crippen LogP contribution is -2.87. The van der Waals surface area contributed by atoms with Crippen LogP contribution in [0.4, 0.5) is 0 Å². The van der Waals surface area contributed by atoms with Crippen LogP contribution in [0.3, 0.4) is 0 Å². The van der Waals surface area contributed by atoms with E-state index in [1.54, 1.807) is 25.7 Å². The number of rotatable bonds is 0. The molecule has 0 nitrogen and oxygen atoms in total. The average Bonchev–Trinajstić information content (AvgIpc) is 2.08. The van der Waals surface area contributed by atoms with Crippen LogP contribution in [-0.4, -0.2) is 0 Å². The topological polar surface area (TPSA) is 0 Å². The highest BCUT2D eigenvalue weighted by molar-refractivity contribution is 5.34. The molecule has 0 amide bonds. The van der Waals surface area contributed by atoms with Crippen LogP contribution in [0.2, 0.25) is 0 Å². The lowest BCUT2D eigenvalue weighted by atomic mass is 9.12. The van der Waals surface area contributed by atoms with E-state index in [-0.39, 0.29) is 0 Å². The Morgan fingerprint density at radius 3 is 2.36 bits per heavy atom. The summed E-state index contributed by atoms with van der Waals surface area (Å²) in [7, 11) is 0. The zero-order valence-electron chi connectivity index (χ0n) is 9.29. The van der Waals surface area contributed by atoms with Crippen molar-refractivity contribution in [1.29, 1.82) is 0 Å². The van der Waals surface area contributed by atoms with Crippen molar-refractivity contribution in [3.8, 4) is 0 Å². The van der Waals surface area contributed by atoms with Gasteiger partial charge in [-0.1, -0.05) is 13.8 Å². The molecule has 5 fully saturated rings. The van der Waals surface area contributed by atoms with Crippen molar-refractivity contribution in [3.05, 3.63) is 0 Å². The Kier molecular flexibility index (Phi) is 0.845. The van der Waals surface area contributed by atoms with Gasteiger partial charge in [-0.15, -0.1) is 0 Å². The van der Waals surface area contributed by atoms with Crippen LogP contribution in [0.15, 0.2) is 0 Å². The second kappa shape index (κ2) is 1.62. The van der Waals surface area contributed by atoms with E-state index in [1.807, 2.05) is 0 Å². The van der Waals surface area contributed by atoms with E-state index >= 15 is 0 Å². The molecule has 0 heterocycles. The van der Waals surface area contributed by atoms with E-state index in [4.69, 9.17) is 0 Å². The first-order valence-electron chi connectivity index (χ1n) is 6.69. The van der Waals surface area contributed by atoms with Gasteiger partial charge in [0.1, 0.15) is 0 Å². The Morgan fingerprint density at radius 1 is 1.00 bits per heavy atom. The van der Waals surface area contributed by atoms with Crippen LogP contribution in [0.25, 0.3) is 0 Å². The summed E-state index contributed by atoms with van der Waals surface area (Å²) >= 11 is 0. The standard InChI is InChI=1S/C14H20/c1-13-6-5-9(13)14(2)11-8-4-3-7(8)10(11)12(13)14/h7-12H,3-6H2,1-2H3. The van der Waals surface area contributed by atoms with Gasteiger partial charge >= 0.3 is 0 Å². The first-order chi connectivity index (χ1) is 6.69. The zero-order chi connectivity index (χ0) is 9.29. The van der Waals surface area contributed by atoms with Crippen LogP contribution < -0.4 is 0 Å². The Labute approximate surface area is 86.5 Å². The molecule has 76 valence electrons. The van der Waals surface area contributed by atoms with Crippen molar-refractivity contribution >= 4 is 0 Å². The predicted octanol–water partition coefficient (Wildman–Crippen LogP) is 3.32. The van der Waals surface area contributed by atoms with Crippen molar-refractivity contribution in [2.75, 3.05) is 0 Å². The predicted molar refractivity (Wildman–Crippen MR) is 55.6 cm³/mol. The Bertz CT molecular complexity index is 346. The highest BCUT2D eigenvalue weighted by atomic mass is 14.9. The molecular weight excluding hydrogens is 168 g/mol. The smallest absolute Gasteiger partial charge is 0.0222 e. The molecule has 8 atom stereocenters. The molecule has 14 heavy (non-hydrogen) atoms. The van der Waals surface area contributed by atoms with Gasteiger partial charge in [-0.05, 0) is 72.0 Å². The Balaban J connectivity index is 1.59. The maximum absolute atomic E-state index is 2.65. The van der Waals surface area contributed by atoms with E-state index in [2.05, 4.69) is 13.8 Å². The molecule has 0 spiro atoms. The summed E-state index contributed by atoms with van der Waals surface area (Å²) in [4.78, 5) is 0. The number of hydrogen-bond acceptors (Lipinski definition) is 0. The van der Waals surface area contributed by atoms with Crippen LogP contribution in [0.5, 0.6) is 0 Å². The van der Waals surface area contributed by atoms with Crippen LogP contribution in [0.1, 0.15) is 39.5 Å². The molecule has 5 saturated carbocycles. The van der Waals surface area contributed by atoms with Crippen LogP contribution in [-0.2, 0) is 0 Å². The van der Waals surface area contributed by atoms with Gasteiger partial charge in [0.15, 0.2) is 0 Å². The molecule has 5 rings (SSSR count). The third-order valence-corrected chi connectivity index (χ3v) is 7.76. The third kappa shape index (κ3) is 0.390. The summed E-state index contributed by atoms with van der Waals surface area (Å²) in [5.41, 5.74) is 1.70. The normalized spacial score (nSPS) is 81.0. The van der Waals surface area contributed by atoms with Gasteiger partial charge in [0.25, 0.3) is 0 Å². The van der Waals surface area contributed by atoms with E-state index < -0.39 is 0 Å². The third-order valence-electron chi connectivity index (χ3n) is 7.76. The minimum absolute atomic E-state index is 0.844. The monoisotopic (exact) mass is 188 g/mol. The van der Waals surface area contributed by atoms with E-state index in [1.165, 1.54) is 29.6 Å². The summed E-state index contributed by atoms with van der Waals surface area (Å²) < 4.78 is 0. The fraction of sp³-hybridized carbons (Fsp3) is 1.00.